The smallest absolute Gasteiger partial charge is 0.250 e. The summed E-state index contributed by atoms with van der Waals surface area (Å²) in [7, 11) is 1.72. The van der Waals surface area contributed by atoms with Crippen LogP contribution in [0.3, 0.4) is 0 Å². The Kier molecular flexibility index (Phi) is 5.64. The van der Waals surface area contributed by atoms with Crippen molar-refractivity contribution >= 4 is 22.5 Å². The maximum Gasteiger partial charge on any atom is 0.250 e. The molecule has 0 bridgehead atoms. The zero-order valence-electron chi connectivity index (χ0n) is 17.2. The fourth-order valence-electron chi connectivity index (χ4n) is 3.53. The molecule has 0 N–H and O–H groups in total. The lowest BCUT2D eigenvalue weighted by Crippen LogP contribution is -2.15. The standard InChI is InChI=1S/C24H24ClN3O2/c1-16(2)11-22(17-7-5-4-6-8-17)30-23-12-18-14-26-28(21(18)13-20(23)25)19-9-10-24(29)27(3)15-19/h4-10,12-16,22H,11H2,1-3H3/t22-/m0/s1. The first-order chi connectivity index (χ1) is 14.4. The van der Waals surface area contributed by atoms with Gasteiger partial charge in [0.1, 0.15) is 11.9 Å². The Balaban J connectivity index is 1.71. The third kappa shape index (κ3) is 4.12. The van der Waals surface area contributed by atoms with E-state index in [1.165, 1.54) is 10.6 Å². The number of rotatable bonds is 6. The molecule has 2 heterocycles. The predicted molar refractivity (Wildman–Crippen MR) is 121 cm³/mol. The van der Waals surface area contributed by atoms with E-state index in [4.69, 9.17) is 16.3 Å². The average Bonchev–Trinajstić information content (AvgIpc) is 3.12. The van der Waals surface area contributed by atoms with E-state index in [1.54, 1.807) is 30.2 Å². The Bertz CT molecular complexity index is 1230. The summed E-state index contributed by atoms with van der Waals surface area (Å²) in [6, 6.07) is 17.3. The van der Waals surface area contributed by atoms with Gasteiger partial charge in [-0.25, -0.2) is 4.68 Å². The molecule has 2 aromatic heterocycles. The summed E-state index contributed by atoms with van der Waals surface area (Å²) in [6.07, 6.45) is 4.33. The van der Waals surface area contributed by atoms with Crippen LogP contribution in [0.25, 0.3) is 16.6 Å². The van der Waals surface area contributed by atoms with Crippen molar-refractivity contribution in [2.24, 2.45) is 13.0 Å². The molecule has 6 heteroatoms. The summed E-state index contributed by atoms with van der Waals surface area (Å²) in [4.78, 5) is 11.7. The quantitative estimate of drug-likeness (QED) is 0.410. The minimum absolute atomic E-state index is 0.0685. The minimum atomic E-state index is -0.0835. The molecular weight excluding hydrogens is 398 g/mol. The van der Waals surface area contributed by atoms with Crippen LogP contribution < -0.4 is 10.3 Å². The molecule has 1 atom stereocenters. The van der Waals surface area contributed by atoms with Crippen molar-refractivity contribution in [1.29, 1.82) is 0 Å². The third-order valence-corrected chi connectivity index (χ3v) is 5.36. The second-order valence-electron chi connectivity index (χ2n) is 7.88. The summed E-state index contributed by atoms with van der Waals surface area (Å²) in [5, 5.41) is 5.93. The summed E-state index contributed by atoms with van der Waals surface area (Å²) >= 11 is 6.62. The molecule has 0 saturated heterocycles. The molecule has 2 aromatic carbocycles. The Labute approximate surface area is 180 Å². The van der Waals surface area contributed by atoms with Crippen molar-refractivity contribution in [2.75, 3.05) is 0 Å². The van der Waals surface area contributed by atoms with Crippen molar-refractivity contribution in [3.8, 4) is 11.4 Å². The van der Waals surface area contributed by atoms with E-state index >= 15 is 0 Å². The van der Waals surface area contributed by atoms with Crippen molar-refractivity contribution < 1.29 is 4.74 Å². The normalized spacial score (nSPS) is 12.4. The van der Waals surface area contributed by atoms with Gasteiger partial charge >= 0.3 is 0 Å². The Hall–Kier alpha value is -3.05. The highest BCUT2D eigenvalue weighted by atomic mass is 35.5. The molecule has 0 saturated carbocycles. The van der Waals surface area contributed by atoms with E-state index in [1.807, 2.05) is 30.3 Å². The molecule has 0 unspecified atom stereocenters. The molecule has 4 aromatic rings. The molecule has 0 spiro atoms. The molecule has 0 amide bonds. The predicted octanol–water partition coefficient (Wildman–Crippen LogP) is 5.54. The number of halogens is 1. The molecule has 0 aliphatic heterocycles. The van der Waals surface area contributed by atoms with Gasteiger partial charge in [0.2, 0.25) is 5.56 Å². The first kappa shape index (κ1) is 20.2. The maximum atomic E-state index is 11.7. The van der Waals surface area contributed by atoms with Crippen LogP contribution in [0.2, 0.25) is 5.02 Å². The fraction of sp³-hybridized carbons (Fsp3) is 0.250. The van der Waals surface area contributed by atoms with Crippen LogP contribution in [0.15, 0.2) is 71.8 Å². The third-order valence-electron chi connectivity index (χ3n) is 5.06. The SMILES string of the molecule is CC(C)C[C@H](Oc1cc2cnn(-c3ccc(=O)n(C)c3)c2cc1Cl)c1ccccc1. The van der Waals surface area contributed by atoms with E-state index in [0.717, 1.165) is 28.6 Å². The number of aryl methyl sites for hydroxylation is 1. The van der Waals surface area contributed by atoms with Gasteiger partial charge in [-0.3, -0.25) is 4.79 Å². The second-order valence-corrected chi connectivity index (χ2v) is 8.29. The molecule has 0 fully saturated rings. The lowest BCUT2D eigenvalue weighted by Gasteiger charge is -2.22. The van der Waals surface area contributed by atoms with Crippen LogP contribution in [0.1, 0.15) is 31.9 Å². The van der Waals surface area contributed by atoms with Gasteiger partial charge in [0, 0.05) is 24.7 Å². The molecule has 4 rings (SSSR count). The summed E-state index contributed by atoms with van der Waals surface area (Å²) in [5.74, 6) is 1.11. The molecular formula is C24H24ClN3O2. The second kappa shape index (κ2) is 8.36. The highest BCUT2D eigenvalue weighted by molar-refractivity contribution is 6.32. The number of nitrogens with zero attached hydrogens (tertiary/aromatic N) is 3. The van der Waals surface area contributed by atoms with Crippen molar-refractivity contribution in [3.05, 3.63) is 87.9 Å². The summed E-state index contributed by atoms with van der Waals surface area (Å²) in [5.41, 5.74) is 2.70. The van der Waals surface area contributed by atoms with Crippen LogP contribution in [-0.2, 0) is 7.05 Å². The maximum absolute atomic E-state index is 11.7. The highest BCUT2D eigenvalue weighted by Crippen LogP contribution is 2.35. The van der Waals surface area contributed by atoms with Crippen molar-refractivity contribution in [2.45, 2.75) is 26.4 Å². The first-order valence-electron chi connectivity index (χ1n) is 9.98. The van der Waals surface area contributed by atoms with Crippen LogP contribution in [0, 0.1) is 5.92 Å². The van der Waals surface area contributed by atoms with Gasteiger partial charge in [-0.1, -0.05) is 55.8 Å². The summed E-state index contributed by atoms with van der Waals surface area (Å²) < 4.78 is 9.68. The Morgan fingerprint density at radius 3 is 2.57 bits per heavy atom. The Morgan fingerprint density at radius 2 is 1.87 bits per heavy atom. The van der Waals surface area contributed by atoms with Crippen molar-refractivity contribution in [1.82, 2.24) is 14.3 Å². The number of fused-ring (bicyclic) bond motifs is 1. The molecule has 0 aliphatic carbocycles. The Morgan fingerprint density at radius 1 is 1.10 bits per heavy atom. The number of ether oxygens (including phenoxy) is 1. The van der Waals surface area contributed by atoms with Gasteiger partial charge in [0.15, 0.2) is 0 Å². The lowest BCUT2D eigenvalue weighted by molar-refractivity contribution is 0.178. The average molecular weight is 422 g/mol. The monoisotopic (exact) mass is 421 g/mol. The molecule has 5 nitrogen and oxygen atoms in total. The van der Waals surface area contributed by atoms with Crippen LogP contribution in [0.4, 0.5) is 0 Å². The van der Waals surface area contributed by atoms with Gasteiger partial charge in [-0.15, -0.1) is 0 Å². The van der Waals surface area contributed by atoms with Gasteiger partial charge in [-0.05, 0) is 36.1 Å². The fourth-order valence-corrected chi connectivity index (χ4v) is 3.73. The van der Waals surface area contributed by atoms with Gasteiger partial charge < -0.3 is 9.30 Å². The zero-order valence-corrected chi connectivity index (χ0v) is 18.0. The van der Waals surface area contributed by atoms with Gasteiger partial charge in [-0.2, -0.15) is 5.10 Å². The van der Waals surface area contributed by atoms with Crippen molar-refractivity contribution in [3.63, 3.8) is 0 Å². The number of pyridine rings is 1. The van der Waals surface area contributed by atoms with Crippen LogP contribution in [0.5, 0.6) is 5.75 Å². The number of benzene rings is 2. The molecule has 30 heavy (non-hydrogen) atoms. The first-order valence-corrected chi connectivity index (χ1v) is 10.4. The van der Waals surface area contributed by atoms with E-state index in [9.17, 15) is 4.79 Å². The zero-order chi connectivity index (χ0) is 21.3. The lowest BCUT2D eigenvalue weighted by atomic mass is 9.99. The highest BCUT2D eigenvalue weighted by Gasteiger charge is 2.18. The van der Waals surface area contributed by atoms with Gasteiger partial charge in [0.25, 0.3) is 0 Å². The minimum Gasteiger partial charge on any atom is -0.484 e. The molecule has 0 radical (unpaired) electrons. The van der Waals surface area contributed by atoms with E-state index in [0.29, 0.717) is 16.7 Å². The van der Waals surface area contributed by atoms with Crippen LogP contribution >= 0.6 is 11.6 Å². The van der Waals surface area contributed by atoms with Gasteiger partial charge in [0.05, 0.1) is 22.4 Å². The largest absolute Gasteiger partial charge is 0.484 e. The molecule has 0 aliphatic rings. The van der Waals surface area contributed by atoms with E-state index in [-0.39, 0.29) is 11.7 Å². The molecule has 154 valence electrons. The topological polar surface area (TPSA) is 49.1 Å². The number of hydrogen-bond acceptors (Lipinski definition) is 3. The van der Waals surface area contributed by atoms with Crippen LogP contribution in [-0.4, -0.2) is 14.3 Å². The number of aromatic nitrogens is 3. The number of hydrogen-bond donors (Lipinski definition) is 0. The van der Waals surface area contributed by atoms with E-state index in [2.05, 4.69) is 31.1 Å². The summed E-state index contributed by atoms with van der Waals surface area (Å²) in [6.45, 7) is 4.36. The van der Waals surface area contributed by atoms with E-state index < -0.39 is 0 Å².